The summed E-state index contributed by atoms with van der Waals surface area (Å²) < 4.78 is 5.43. The molecule has 3 N–H and O–H groups in total. The van der Waals surface area contributed by atoms with E-state index in [0.717, 1.165) is 38.5 Å². The van der Waals surface area contributed by atoms with E-state index < -0.39 is 5.54 Å². The van der Waals surface area contributed by atoms with Crippen molar-refractivity contribution in [3.8, 4) is 0 Å². The number of aryl methyl sites for hydroxylation is 1. The van der Waals surface area contributed by atoms with Gasteiger partial charge in [-0.1, -0.05) is 55.1 Å². The average molecular weight is 490 g/mol. The molecule has 188 valence electrons. The smallest absolute Gasteiger partial charge is 0.255 e. The Morgan fingerprint density at radius 3 is 2.31 bits per heavy atom. The minimum atomic E-state index is -0.614. The Morgan fingerprint density at radius 2 is 1.61 bits per heavy atom. The maximum Gasteiger partial charge on any atom is 0.255 e. The van der Waals surface area contributed by atoms with Crippen molar-refractivity contribution < 1.29 is 18.9 Å². The second-order valence-corrected chi connectivity index (χ2v) is 9.14. The number of carbonyl (C=O) groups is 3. The summed E-state index contributed by atoms with van der Waals surface area (Å²) in [5.74, 6) is 0.281. The predicted molar refractivity (Wildman–Crippen MR) is 135 cm³/mol. The summed E-state index contributed by atoms with van der Waals surface area (Å²) in [6, 6.07) is 15.9. The molecule has 0 aliphatic heterocycles. The molecule has 1 fully saturated rings. The van der Waals surface area contributed by atoms with E-state index in [1.807, 2.05) is 6.07 Å². The molecule has 1 aliphatic rings. The molecule has 0 saturated heterocycles. The van der Waals surface area contributed by atoms with Gasteiger partial charge in [0.1, 0.15) is 5.54 Å². The van der Waals surface area contributed by atoms with Gasteiger partial charge >= 0.3 is 0 Å². The fraction of sp³-hybridized carbons (Fsp3) is 0.370. The molecule has 36 heavy (non-hydrogen) atoms. The average Bonchev–Trinajstić information content (AvgIpc) is 3.23. The molecule has 3 amide bonds. The highest BCUT2D eigenvalue weighted by Gasteiger charge is 2.38. The van der Waals surface area contributed by atoms with Crippen LogP contribution in [0.2, 0.25) is 0 Å². The molecular weight excluding hydrogens is 458 g/mol. The van der Waals surface area contributed by atoms with Gasteiger partial charge in [-0.15, -0.1) is 0 Å². The van der Waals surface area contributed by atoms with Gasteiger partial charge in [0, 0.05) is 36.7 Å². The van der Waals surface area contributed by atoms with E-state index in [4.69, 9.17) is 4.52 Å². The summed E-state index contributed by atoms with van der Waals surface area (Å²) in [5.41, 5.74) is 1.08. The molecule has 2 aromatic carbocycles. The molecule has 9 heteroatoms. The first-order valence-corrected chi connectivity index (χ1v) is 12.3. The lowest BCUT2D eigenvalue weighted by atomic mass is 9.89. The van der Waals surface area contributed by atoms with Crippen molar-refractivity contribution in [2.45, 2.75) is 63.8 Å². The number of hydrogen-bond acceptors (Lipinski definition) is 6. The number of aromatic nitrogens is 2. The van der Waals surface area contributed by atoms with Crippen LogP contribution in [0.4, 0.5) is 11.4 Å². The van der Waals surface area contributed by atoms with E-state index in [-0.39, 0.29) is 30.6 Å². The summed E-state index contributed by atoms with van der Waals surface area (Å²) in [5, 5.41) is 12.9. The number of amides is 3. The summed E-state index contributed by atoms with van der Waals surface area (Å²) in [6.45, 7) is 1.50. The van der Waals surface area contributed by atoms with Crippen LogP contribution in [-0.2, 0) is 21.5 Å². The van der Waals surface area contributed by atoms with Gasteiger partial charge < -0.3 is 20.5 Å². The van der Waals surface area contributed by atoms with Gasteiger partial charge in [-0.05, 0) is 43.2 Å². The van der Waals surface area contributed by atoms with Gasteiger partial charge in [-0.25, -0.2) is 0 Å². The van der Waals surface area contributed by atoms with Gasteiger partial charge in [0.05, 0.1) is 0 Å². The molecule has 1 saturated carbocycles. The highest BCUT2D eigenvalue weighted by atomic mass is 16.5. The molecule has 0 unspecified atom stereocenters. The number of carbonyl (C=O) groups excluding carboxylic acids is 3. The van der Waals surface area contributed by atoms with Crippen molar-refractivity contribution in [2.24, 2.45) is 0 Å². The lowest BCUT2D eigenvalue weighted by Gasteiger charge is -2.30. The second-order valence-electron chi connectivity index (χ2n) is 9.14. The Kier molecular flexibility index (Phi) is 8.10. The van der Waals surface area contributed by atoms with Crippen molar-refractivity contribution in [1.29, 1.82) is 0 Å². The molecule has 0 bridgehead atoms. The van der Waals surface area contributed by atoms with Crippen molar-refractivity contribution in [3.63, 3.8) is 0 Å². The van der Waals surface area contributed by atoms with E-state index in [2.05, 4.69) is 26.1 Å². The number of hydrogen-bond donors (Lipinski definition) is 3. The first kappa shape index (κ1) is 25.1. The Hall–Kier alpha value is -4.01. The van der Waals surface area contributed by atoms with Crippen LogP contribution in [0.1, 0.15) is 73.9 Å². The fourth-order valence-corrected chi connectivity index (χ4v) is 4.54. The van der Waals surface area contributed by atoms with Crippen LogP contribution in [0.3, 0.4) is 0 Å². The van der Waals surface area contributed by atoms with Crippen LogP contribution in [0.15, 0.2) is 59.1 Å². The summed E-state index contributed by atoms with van der Waals surface area (Å²) in [4.78, 5) is 41.4. The van der Waals surface area contributed by atoms with Crippen molar-refractivity contribution in [1.82, 2.24) is 15.5 Å². The van der Waals surface area contributed by atoms with Crippen LogP contribution < -0.4 is 16.0 Å². The molecule has 9 nitrogen and oxygen atoms in total. The van der Waals surface area contributed by atoms with Crippen molar-refractivity contribution in [3.05, 3.63) is 71.9 Å². The van der Waals surface area contributed by atoms with Crippen LogP contribution in [0.5, 0.6) is 0 Å². The predicted octanol–water partition coefficient (Wildman–Crippen LogP) is 4.58. The van der Waals surface area contributed by atoms with Crippen LogP contribution >= 0.6 is 0 Å². The Bertz CT molecular complexity index is 1200. The third kappa shape index (κ3) is 6.56. The highest BCUT2D eigenvalue weighted by molar-refractivity contribution is 6.04. The third-order valence-electron chi connectivity index (χ3n) is 6.27. The van der Waals surface area contributed by atoms with Gasteiger partial charge in [-0.2, -0.15) is 4.98 Å². The molecule has 4 rings (SSSR count). The highest BCUT2D eigenvalue weighted by Crippen LogP contribution is 2.34. The standard InChI is InChI=1S/C27H31N5O4/c1-19(33)31-27(16-7-2-3-8-17-27)26-30-24(36-32-26)15-14-23(34)28-21-12-9-13-22(18-21)29-25(35)20-10-5-4-6-11-20/h4-6,9-13,18H,2-3,7-8,14-17H2,1H3,(H,28,34)(H,29,35)(H,31,33). The molecule has 0 radical (unpaired) electrons. The Labute approximate surface area is 210 Å². The topological polar surface area (TPSA) is 126 Å². The van der Waals surface area contributed by atoms with Gasteiger partial charge in [0.25, 0.3) is 5.91 Å². The van der Waals surface area contributed by atoms with Crippen molar-refractivity contribution >= 4 is 29.1 Å². The third-order valence-corrected chi connectivity index (χ3v) is 6.27. The van der Waals surface area contributed by atoms with E-state index in [1.54, 1.807) is 48.5 Å². The molecule has 1 aliphatic carbocycles. The van der Waals surface area contributed by atoms with Crippen LogP contribution in [-0.4, -0.2) is 27.9 Å². The van der Waals surface area contributed by atoms with Crippen LogP contribution in [0, 0.1) is 0 Å². The largest absolute Gasteiger partial charge is 0.343 e. The molecule has 0 atom stereocenters. The second kappa shape index (κ2) is 11.6. The molecule has 1 aromatic heterocycles. The van der Waals surface area contributed by atoms with E-state index >= 15 is 0 Å². The molecule has 3 aromatic rings. The number of nitrogens with zero attached hydrogens (tertiary/aromatic N) is 2. The quantitative estimate of drug-likeness (QED) is 0.398. The monoisotopic (exact) mass is 489 g/mol. The zero-order valence-corrected chi connectivity index (χ0v) is 20.4. The first-order chi connectivity index (χ1) is 17.4. The number of nitrogens with one attached hydrogen (secondary N) is 3. The Balaban J connectivity index is 1.34. The molecular formula is C27H31N5O4. The van der Waals surface area contributed by atoms with E-state index in [9.17, 15) is 14.4 Å². The number of anilines is 2. The fourth-order valence-electron chi connectivity index (χ4n) is 4.54. The zero-order valence-electron chi connectivity index (χ0n) is 20.4. The first-order valence-electron chi connectivity index (χ1n) is 12.3. The number of benzene rings is 2. The SMILES string of the molecule is CC(=O)NC1(c2noc(CCC(=O)Nc3cccc(NC(=O)c4ccccc4)c3)n2)CCCCCC1. The summed E-state index contributed by atoms with van der Waals surface area (Å²) >= 11 is 0. The van der Waals surface area contributed by atoms with Crippen molar-refractivity contribution in [2.75, 3.05) is 10.6 Å². The van der Waals surface area contributed by atoms with Gasteiger partial charge in [0.15, 0.2) is 5.82 Å². The summed E-state index contributed by atoms with van der Waals surface area (Å²) in [6.07, 6.45) is 6.16. The lowest BCUT2D eigenvalue weighted by molar-refractivity contribution is -0.121. The minimum absolute atomic E-state index is 0.121. The Morgan fingerprint density at radius 1 is 0.917 bits per heavy atom. The minimum Gasteiger partial charge on any atom is -0.343 e. The normalized spacial score (nSPS) is 14.9. The maximum atomic E-state index is 12.6. The van der Waals surface area contributed by atoms with E-state index in [0.29, 0.717) is 28.7 Å². The van der Waals surface area contributed by atoms with E-state index in [1.165, 1.54) is 6.92 Å². The van der Waals surface area contributed by atoms with Gasteiger partial charge in [0.2, 0.25) is 17.7 Å². The molecule has 0 spiro atoms. The zero-order chi connectivity index (χ0) is 25.4. The van der Waals surface area contributed by atoms with Gasteiger partial charge in [-0.3, -0.25) is 14.4 Å². The molecule has 1 heterocycles. The van der Waals surface area contributed by atoms with Crippen LogP contribution in [0.25, 0.3) is 0 Å². The summed E-state index contributed by atoms with van der Waals surface area (Å²) in [7, 11) is 0. The lowest BCUT2D eigenvalue weighted by Crippen LogP contribution is -2.45. The maximum absolute atomic E-state index is 12.6. The number of rotatable bonds is 8.